The van der Waals surface area contributed by atoms with Crippen molar-refractivity contribution in [1.29, 1.82) is 0 Å². The summed E-state index contributed by atoms with van der Waals surface area (Å²) in [5, 5.41) is 4.67. The SMILES string of the molecule is CCC(CC)n1ccc(CC2=CC(=O)CCCC2)n1. The average molecular weight is 260 g/mol. The van der Waals surface area contributed by atoms with E-state index in [9.17, 15) is 4.79 Å². The molecule has 0 fully saturated rings. The Balaban J connectivity index is 2.05. The van der Waals surface area contributed by atoms with Crippen LogP contribution in [0, 0.1) is 0 Å². The van der Waals surface area contributed by atoms with Crippen molar-refractivity contribution in [2.75, 3.05) is 0 Å². The summed E-state index contributed by atoms with van der Waals surface area (Å²) in [6.45, 7) is 4.39. The summed E-state index contributed by atoms with van der Waals surface area (Å²) in [5.74, 6) is 0.284. The van der Waals surface area contributed by atoms with E-state index in [2.05, 4.69) is 35.9 Å². The maximum absolute atomic E-state index is 11.6. The Morgan fingerprint density at radius 2 is 2.00 bits per heavy atom. The topological polar surface area (TPSA) is 34.9 Å². The quantitative estimate of drug-likeness (QED) is 0.805. The molecule has 2 rings (SSSR count). The largest absolute Gasteiger partial charge is 0.295 e. The Kier molecular flexibility index (Phi) is 4.94. The number of carbonyl (C=O) groups is 1. The Morgan fingerprint density at radius 1 is 1.26 bits per heavy atom. The predicted molar refractivity (Wildman–Crippen MR) is 77.1 cm³/mol. The third-order valence-electron chi connectivity index (χ3n) is 3.92. The lowest BCUT2D eigenvalue weighted by molar-refractivity contribution is -0.114. The zero-order chi connectivity index (χ0) is 13.7. The fourth-order valence-corrected chi connectivity index (χ4v) is 2.73. The number of carbonyl (C=O) groups excluding carboxylic acids is 1. The molecule has 0 spiro atoms. The minimum Gasteiger partial charge on any atom is -0.295 e. The standard InChI is InChI=1S/C16H24N2O/c1-3-15(4-2)18-10-9-14(17-18)11-13-7-5-6-8-16(19)12-13/h9-10,12,15H,3-8,11H2,1-2H3. The van der Waals surface area contributed by atoms with Crippen LogP contribution in [0.4, 0.5) is 0 Å². The highest BCUT2D eigenvalue weighted by Crippen LogP contribution is 2.20. The van der Waals surface area contributed by atoms with E-state index in [-0.39, 0.29) is 5.78 Å². The molecule has 1 aromatic heterocycles. The molecule has 19 heavy (non-hydrogen) atoms. The van der Waals surface area contributed by atoms with Crippen molar-refractivity contribution in [1.82, 2.24) is 9.78 Å². The molecule has 0 saturated heterocycles. The summed E-state index contributed by atoms with van der Waals surface area (Å²) in [5.41, 5.74) is 2.34. The second kappa shape index (κ2) is 6.69. The van der Waals surface area contributed by atoms with E-state index in [1.807, 2.05) is 6.08 Å². The van der Waals surface area contributed by atoms with Crippen LogP contribution in [0.15, 0.2) is 23.9 Å². The second-order valence-corrected chi connectivity index (χ2v) is 5.41. The molecule has 0 unspecified atom stereocenters. The first-order chi connectivity index (χ1) is 9.22. The molecule has 3 nitrogen and oxygen atoms in total. The molecule has 1 heterocycles. The van der Waals surface area contributed by atoms with Gasteiger partial charge in [-0.3, -0.25) is 9.48 Å². The first-order valence-corrected chi connectivity index (χ1v) is 7.49. The highest BCUT2D eigenvalue weighted by molar-refractivity contribution is 5.90. The van der Waals surface area contributed by atoms with Gasteiger partial charge in [0.2, 0.25) is 0 Å². The van der Waals surface area contributed by atoms with Gasteiger partial charge in [0.05, 0.1) is 11.7 Å². The van der Waals surface area contributed by atoms with Crippen LogP contribution in [-0.4, -0.2) is 15.6 Å². The molecular formula is C16H24N2O. The van der Waals surface area contributed by atoms with Crippen LogP contribution in [0.1, 0.15) is 64.1 Å². The smallest absolute Gasteiger partial charge is 0.155 e. The zero-order valence-corrected chi connectivity index (χ0v) is 12.1. The maximum Gasteiger partial charge on any atom is 0.155 e. The monoisotopic (exact) mass is 260 g/mol. The van der Waals surface area contributed by atoms with Gasteiger partial charge < -0.3 is 0 Å². The van der Waals surface area contributed by atoms with E-state index in [1.165, 1.54) is 5.57 Å². The van der Waals surface area contributed by atoms with Gasteiger partial charge in [0, 0.05) is 19.0 Å². The number of aromatic nitrogens is 2. The summed E-state index contributed by atoms with van der Waals surface area (Å²) in [6, 6.07) is 2.59. The van der Waals surface area contributed by atoms with Gasteiger partial charge in [-0.05, 0) is 44.2 Å². The van der Waals surface area contributed by atoms with Crippen molar-refractivity contribution >= 4 is 5.78 Å². The Labute approximate surface area is 115 Å². The lowest BCUT2D eigenvalue weighted by Gasteiger charge is -2.12. The summed E-state index contributed by atoms with van der Waals surface area (Å²) >= 11 is 0. The van der Waals surface area contributed by atoms with Gasteiger partial charge in [0.15, 0.2) is 5.78 Å². The van der Waals surface area contributed by atoms with Crippen LogP contribution >= 0.6 is 0 Å². The number of hydrogen-bond donors (Lipinski definition) is 0. The van der Waals surface area contributed by atoms with Crippen LogP contribution < -0.4 is 0 Å². The van der Waals surface area contributed by atoms with E-state index in [0.29, 0.717) is 12.5 Å². The van der Waals surface area contributed by atoms with Gasteiger partial charge in [-0.2, -0.15) is 5.10 Å². The van der Waals surface area contributed by atoms with Crippen LogP contribution in [0.2, 0.25) is 0 Å². The van der Waals surface area contributed by atoms with Crippen molar-refractivity contribution in [3.05, 3.63) is 29.6 Å². The minimum absolute atomic E-state index is 0.284. The van der Waals surface area contributed by atoms with Crippen molar-refractivity contribution < 1.29 is 4.79 Å². The molecule has 1 aliphatic carbocycles. The highest BCUT2D eigenvalue weighted by Gasteiger charge is 2.12. The van der Waals surface area contributed by atoms with E-state index in [4.69, 9.17) is 0 Å². The van der Waals surface area contributed by atoms with Crippen molar-refractivity contribution in [2.45, 2.75) is 64.8 Å². The number of allylic oxidation sites excluding steroid dienone is 2. The van der Waals surface area contributed by atoms with Crippen LogP contribution in [-0.2, 0) is 11.2 Å². The van der Waals surface area contributed by atoms with Gasteiger partial charge in [0.1, 0.15) is 0 Å². The molecule has 0 aromatic carbocycles. The lowest BCUT2D eigenvalue weighted by atomic mass is 10.1. The molecule has 0 atom stereocenters. The Bertz CT molecular complexity index is 455. The molecule has 0 aliphatic heterocycles. The molecule has 0 N–H and O–H groups in total. The van der Waals surface area contributed by atoms with Crippen LogP contribution in [0.25, 0.3) is 0 Å². The maximum atomic E-state index is 11.6. The van der Waals surface area contributed by atoms with Gasteiger partial charge >= 0.3 is 0 Å². The fraction of sp³-hybridized carbons (Fsp3) is 0.625. The molecule has 1 aromatic rings. The third kappa shape index (κ3) is 3.79. The number of ketones is 1. The van der Waals surface area contributed by atoms with Gasteiger partial charge in [-0.25, -0.2) is 0 Å². The van der Waals surface area contributed by atoms with Crippen molar-refractivity contribution in [3.8, 4) is 0 Å². The Hall–Kier alpha value is -1.38. The van der Waals surface area contributed by atoms with E-state index >= 15 is 0 Å². The summed E-state index contributed by atoms with van der Waals surface area (Å²) in [6.07, 6.45) is 10.9. The summed E-state index contributed by atoms with van der Waals surface area (Å²) in [7, 11) is 0. The summed E-state index contributed by atoms with van der Waals surface area (Å²) in [4.78, 5) is 11.6. The van der Waals surface area contributed by atoms with E-state index < -0.39 is 0 Å². The van der Waals surface area contributed by atoms with Crippen LogP contribution in [0.3, 0.4) is 0 Å². The highest BCUT2D eigenvalue weighted by atomic mass is 16.1. The summed E-state index contributed by atoms with van der Waals surface area (Å²) < 4.78 is 2.08. The number of nitrogens with zero attached hydrogens (tertiary/aromatic N) is 2. The van der Waals surface area contributed by atoms with Gasteiger partial charge in [-0.1, -0.05) is 19.4 Å². The second-order valence-electron chi connectivity index (χ2n) is 5.41. The first kappa shape index (κ1) is 14.0. The molecule has 0 amide bonds. The normalized spacial score (nSPS) is 16.6. The molecular weight excluding hydrogens is 236 g/mol. The van der Waals surface area contributed by atoms with E-state index in [0.717, 1.165) is 44.2 Å². The molecule has 0 bridgehead atoms. The Morgan fingerprint density at radius 3 is 2.74 bits per heavy atom. The minimum atomic E-state index is 0.284. The molecule has 1 aliphatic rings. The molecule has 104 valence electrons. The molecule has 3 heteroatoms. The first-order valence-electron chi connectivity index (χ1n) is 7.49. The zero-order valence-electron chi connectivity index (χ0n) is 12.1. The van der Waals surface area contributed by atoms with Gasteiger partial charge in [-0.15, -0.1) is 0 Å². The van der Waals surface area contributed by atoms with Crippen LogP contribution in [0.5, 0.6) is 0 Å². The number of hydrogen-bond acceptors (Lipinski definition) is 2. The third-order valence-corrected chi connectivity index (χ3v) is 3.92. The van der Waals surface area contributed by atoms with E-state index in [1.54, 1.807) is 0 Å². The average Bonchev–Trinajstić information content (AvgIpc) is 2.74. The lowest BCUT2D eigenvalue weighted by Crippen LogP contribution is -2.08. The van der Waals surface area contributed by atoms with Gasteiger partial charge in [0.25, 0.3) is 0 Å². The predicted octanol–water partition coefficient (Wildman–Crippen LogP) is 3.86. The molecule has 0 radical (unpaired) electrons. The van der Waals surface area contributed by atoms with Crippen molar-refractivity contribution in [3.63, 3.8) is 0 Å². The fourth-order valence-electron chi connectivity index (χ4n) is 2.73. The number of rotatable bonds is 5. The molecule has 0 saturated carbocycles. The van der Waals surface area contributed by atoms with Crippen molar-refractivity contribution in [2.24, 2.45) is 0 Å².